The van der Waals surface area contributed by atoms with E-state index in [-0.39, 0.29) is 0 Å². The van der Waals surface area contributed by atoms with Crippen molar-refractivity contribution in [1.29, 1.82) is 0 Å². The van der Waals surface area contributed by atoms with Crippen LogP contribution in [0.4, 0.5) is 0 Å². The van der Waals surface area contributed by atoms with E-state index in [0.717, 1.165) is 39.4 Å². The molecule has 0 aliphatic heterocycles. The van der Waals surface area contributed by atoms with Crippen LogP contribution in [0.25, 0.3) is 0 Å². The van der Waals surface area contributed by atoms with Gasteiger partial charge >= 0.3 is 0 Å². The SMILES string of the molecule is CCOCCCCCCOCCOCCNC. The first-order chi connectivity index (χ1) is 8.41. The van der Waals surface area contributed by atoms with Gasteiger partial charge in [-0.2, -0.15) is 0 Å². The van der Waals surface area contributed by atoms with Gasteiger partial charge in [-0.1, -0.05) is 12.8 Å². The minimum Gasteiger partial charge on any atom is -0.382 e. The van der Waals surface area contributed by atoms with Gasteiger partial charge in [-0.05, 0) is 26.8 Å². The summed E-state index contributed by atoms with van der Waals surface area (Å²) >= 11 is 0. The van der Waals surface area contributed by atoms with Gasteiger partial charge in [0.25, 0.3) is 0 Å². The van der Waals surface area contributed by atoms with E-state index in [4.69, 9.17) is 14.2 Å². The van der Waals surface area contributed by atoms with Crippen LogP contribution in [0.3, 0.4) is 0 Å². The molecular formula is C13H29NO3. The molecule has 0 aromatic carbocycles. The fourth-order valence-corrected chi connectivity index (χ4v) is 1.40. The van der Waals surface area contributed by atoms with E-state index in [9.17, 15) is 0 Å². The van der Waals surface area contributed by atoms with Crippen LogP contribution < -0.4 is 5.32 Å². The van der Waals surface area contributed by atoms with E-state index in [0.29, 0.717) is 13.2 Å². The fraction of sp³-hybridized carbons (Fsp3) is 1.00. The normalized spacial score (nSPS) is 10.9. The minimum atomic E-state index is 0.700. The van der Waals surface area contributed by atoms with E-state index in [2.05, 4.69) is 5.32 Å². The molecule has 1 N–H and O–H groups in total. The maximum Gasteiger partial charge on any atom is 0.0701 e. The lowest BCUT2D eigenvalue weighted by atomic mass is 10.2. The molecule has 0 unspecified atom stereocenters. The Balaban J connectivity index is 2.85. The largest absolute Gasteiger partial charge is 0.382 e. The van der Waals surface area contributed by atoms with Gasteiger partial charge in [0.15, 0.2) is 0 Å². The minimum absolute atomic E-state index is 0.700. The van der Waals surface area contributed by atoms with Crippen molar-refractivity contribution in [3.05, 3.63) is 0 Å². The van der Waals surface area contributed by atoms with E-state index >= 15 is 0 Å². The molecule has 0 aromatic heterocycles. The lowest BCUT2D eigenvalue weighted by Gasteiger charge is -2.05. The van der Waals surface area contributed by atoms with Crippen molar-refractivity contribution < 1.29 is 14.2 Å². The van der Waals surface area contributed by atoms with Crippen molar-refractivity contribution in [2.75, 3.05) is 53.2 Å². The van der Waals surface area contributed by atoms with Crippen LogP contribution in [0.2, 0.25) is 0 Å². The monoisotopic (exact) mass is 247 g/mol. The second kappa shape index (κ2) is 15.8. The second-order valence-electron chi connectivity index (χ2n) is 3.94. The zero-order valence-electron chi connectivity index (χ0n) is 11.5. The number of rotatable bonds is 14. The quantitative estimate of drug-likeness (QED) is 0.475. The molecule has 0 rings (SSSR count). The summed E-state index contributed by atoms with van der Waals surface area (Å²) in [6.45, 7) is 7.69. The Hall–Kier alpha value is -0.160. The zero-order valence-corrected chi connectivity index (χ0v) is 11.5. The van der Waals surface area contributed by atoms with Crippen LogP contribution in [-0.4, -0.2) is 53.2 Å². The van der Waals surface area contributed by atoms with Gasteiger partial charge in [0, 0.05) is 26.4 Å². The molecule has 0 spiro atoms. The molecule has 0 atom stereocenters. The number of likely N-dealkylation sites (N-methyl/N-ethyl adjacent to an activating group) is 1. The molecule has 0 heterocycles. The first-order valence-corrected chi connectivity index (χ1v) is 6.79. The molecule has 4 heteroatoms. The van der Waals surface area contributed by atoms with Gasteiger partial charge in [-0.15, -0.1) is 0 Å². The predicted molar refractivity (Wildman–Crippen MR) is 70.5 cm³/mol. The zero-order chi connectivity index (χ0) is 12.6. The summed E-state index contributed by atoms with van der Waals surface area (Å²) in [4.78, 5) is 0. The maximum atomic E-state index is 5.46. The third-order valence-electron chi connectivity index (χ3n) is 2.40. The average Bonchev–Trinajstić information content (AvgIpc) is 2.35. The third-order valence-corrected chi connectivity index (χ3v) is 2.40. The Kier molecular flexibility index (Phi) is 15.7. The van der Waals surface area contributed by atoms with Crippen LogP contribution >= 0.6 is 0 Å². The average molecular weight is 247 g/mol. The number of unbranched alkanes of at least 4 members (excludes halogenated alkanes) is 3. The highest BCUT2D eigenvalue weighted by atomic mass is 16.5. The van der Waals surface area contributed by atoms with Crippen LogP contribution in [0.5, 0.6) is 0 Å². The summed E-state index contributed by atoms with van der Waals surface area (Å²) in [7, 11) is 1.92. The highest BCUT2D eigenvalue weighted by molar-refractivity contribution is 4.43. The molecule has 0 radical (unpaired) electrons. The molecule has 0 aliphatic carbocycles. The van der Waals surface area contributed by atoms with Crippen molar-refractivity contribution in [3.63, 3.8) is 0 Å². The van der Waals surface area contributed by atoms with E-state index in [1.165, 1.54) is 19.3 Å². The second-order valence-corrected chi connectivity index (χ2v) is 3.94. The standard InChI is InChI=1S/C13H29NO3/c1-3-15-9-6-4-5-7-10-16-12-13-17-11-8-14-2/h14H,3-13H2,1-2H3. The molecule has 0 amide bonds. The molecule has 0 saturated carbocycles. The molecule has 17 heavy (non-hydrogen) atoms. The summed E-state index contributed by atoms with van der Waals surface area (Å²) < 4.78 is 16.1. The molecule has 4 nitrogen and oxygen atoms in total. The lowest BCUT2D eigenvalue weighted by Crippen LogP contribution is -2.16. The maximum absolute atomic E-state index is 5.46. The summed E-state index contributed by atoms with van der Waals surface area (Å²) in [5, 5.41) is 3.03. The summed E-state index contributed by atoms with van der Waals surface area (Å²) in [6, 6.07) is 0. The van der Waals surface area contributed by atoms with Crippen molar-refractivity contribution in [2.45, 2.75) is 32.6 Å². The van der Waals surface area contributed by atoms with Gasteiger partial charge in [0.1, 0.15) is 0 Å². The predicted octanol–water partition coefficient (Wildman–Crippen LogP) is 1.84. The molecule has 0 aliphatic rings. The Bertz CT molecular complexity index is 120. The Morgan fingerprint density at radius 1 is 0.706 bits per heavy atom. The van der Waals surface area contributed by atoms with Gasteiger partial charge in [-0.3, -0.25) is 0 Å². The van der Waals surface area contributed by atoms with E-state index in [1.807, 2.05) is 14.0 Å². The Morgan fingerprint density at radius 2 is 1.29 bits per heavy atom. The van der Waals surface area contributed by atoms with Crippen molar-refractivity contribution in [1.82, 2.24) is 5.32 Å². The van der Waals surface area contributed by atoms with Crippen molar-refractivity contribution in [3.8, 4) is 0 Å². The lowest BCUT2D eigenvalue weighted by molar-refractivity contribution is 0.0475. The smallest absolute Gasteiger partial charge is 0.0701 e. The van der Waals surface area contributed by atoms with Crippen molar-refractivity contribution >= 4 is 0 Å². The number of nitrogens with one attached hydrogen (secondary N) is 1. The van der Waals surface area contributed by atoms with Gasteiger partial charge in [0.05, 0.1) is 19.8 Å². The van der Waals surface area contributed by atoms with E-state index < -0.39 is 0 Å². The first-order valence-electron chi connectivity index (χ1n) is 6.79. The summed E-state index contributed by atoms with van der Waals surface area (Å²) in [5.41, 5.74) is 0. The molecular weight excluding hydrogens is 218 g/mol. The first kappa shape index (κ1) is 16.8. The van der Waals surface area contributed by atoms with Gasteiger partial charge < -0.3 is 19.5 Å². The summed E-state index contributed by atoms with van der Waals surface area (Å²) in [6.07, 6.45) is 4.78. The molecule has 0 bridgehead atoms. The van der Waals surface area contributed by atoms with Crippen LogP contribution in [0, 0.1) is 0 Å². The highest BCUT2D eigenvalue weighted by Crippen LogP contribution is 2.00. The molecule has 0 aromatic rings. The molecule has 104 valence electrons. The number of hydrogen-bond donors (Lipinski definition) is 1. The van der Waals surface area contributed by atoms with Gasteiger partial charge in [-0.25, -0.2) is 0 Å². The van der Waals surface area contributed by atoms with Gasteiger partial charge in [0.2, 0.25) is 0 Å². The van der Waals surface area contributed by atoms with E-state index in [1.54, 1.807) is 0 Å². The highest BCUT2D eigenvalue weighted by Gasteiger charge is 1.92. The van der Waals surface area contributed by atoms with Crippen molar-refractivity contribution in [2.24, 2.45) is 0 Å². The fourth-order valence-electron chi connectivity index (χ4n) is 1.40. The number of hydrogen-bond acceptors (Lipinski definition) is 4. The van der Waals surface area contributed by atoms with Crippen LogP contribution in [0.15, 0.2) is 0 Å². The number of ether oxygens (including phenoxy) is 3. The Morgan fingerprint density at radius 3 is 1.88 bits per heavy atom. The van der Waals surface area contributed by atoms with Crippen LogP contribution in [-0.2, 0) is 14.2 Å². The topological polar surface area (TPSA) is 39.7 Å². The van der Waals surface area contributed by atoms with Crippen LogP contribution in [0.1, 0.15) is 32.6 Å². The molecule has 0 saturated heterocycles. The third kappa shape index (κ3) is 15.8. The summed E-state index contributed by atoms with van der Waals surface area (Å²) in [5.74, 6) is 0. The molecule has 0 fully saturated rings. The Labute approximate surface area is 106 Å².